The Hall–Kier alpha value is -3.28. The van der Waals surface area contributed by atoms with Crippen LogP contribution in [0, 0.1) is 0 Å². The minimum Gasteiger partial charge on any atom is -0.494 e. The molecule has 2 aromatic heterocycles. The van der Waals surface area contributed by atoms with Crippen molar-refractivity contribution >= 4 is 12.0 Å². The number of rotatable bonds is 7. The van der Waals surface area contributed by atoms with Gasteiger partial charge < -0.3 is 18.4 Å². The number of hydrogen-bond donors (Lipinski definition) is 0. The largest absolute Gasteiger partial charge is 0.494 e. The van der Waals surface area contributed by atoms with Crippen LogP contribution in [0.3, 0.4) is 0 Å². The van der Waals surface area contributed by atoms with Gasteiger partial charge in [-0.05, 0) is 42.8 Å². The van der Waals surface area contributed by atoms with Crippen LogP contribution in [0.15, 0.2) is 63.7 Å². The summed E-state index contributed by atoms with van der Waals surface area (Å²) >= 11 is 0. The first-order valence-corrected chi connectivity index (χ1v) is 7.82. The smallest absolute Gasteiger partial charge is 0.331 e. The van der Waals surface area contributed by atoms with E-state index in [1.165, 1.54) is 6.08 Å². The molecule has 0 amide bonds. The van der Waals surface area contributed by atoms with Crippen LogP contribution in [0.1, 0.15) is 18.2 Å². The van der Waals surface area contributed by atoms with Gasteiger partial charge in [0.15, 0.2) is 5.76 Å². The zero-order valence-corrected chi connectivity index (χ0v) is 13.7. The fourth-order valence-corrected chi connectivity index (χ4v) is 2.11. The second kappa shape index (κ2) is 8.01. The number of esters is 1. The molecule has 3 rings (SSSR count). The van der Waals surface area contributed by atoms with Gasteiger partial charge in [0.05, 0.1) is 12.9 Å². The lowest BCUT2D eigenvalue weighted by molar-refractivity contribution is -0.139. The number of benzene rings is 1. The Bertz CT molecular complexity index is 831. The van der Waals surface area contributed by atoms with Gasteiger partial charge in [-0.25, -0.2) is 4.79 Å². The highest BCUT2D eigenvalue weighted by Gasteiger charge is 2.10. The standard InChI is InChI=1S/C19H17NO5/c1-2-22-16-8-5-14(6-9-16)7-10-19(21)24-13-15-12-18(25-20-15)17-4-3-11-23-17/h3-12H,2,13H2,1H3/b10-7+. The number of aromatic nitrogens is 1. The second-order valence-electron chi connectivity index (χ2n) is 5.10. The van der Waals surface area contributed by atoms with Crippen LogP contribution in [0.5, 0.6) is 5.75 Å². The molecule has 1 aromatic carbocycles. The molecule has 0 saturated carbocycles. The van der Waals surface area contributed by atoms with E-state index in [0.29, 0.717) is 23.8 Å². The summed E-state index contributed by atoms with van der Waals surface area (Å²) in [6.07, 6.45) is 4.58. The Morgan fingerprint density at radius 3 is 2.76 bits per heavy atom. The first-order valence-electron chi connectivity index (χ1n) is 7.82. The average Bonchev–Trinajstić information content (AvgIpc) is 3.31. The lowest BCUT2D eigenvalue weighted by Crippen LogP contribution is -2.00. The maximum atomic E-state index is 11.8. The Balaban J connectivity index is 1.51. The van der Waals surface area contributed by atoms with Crippen molar-refractivity contribution in [2.45, 2.75) is 13.5 Å². The van der Waals surface area contributed by atoms with Crippen LogP contribution in [0.4, 0.5) is 0 Å². The van der Waals surface area contributed by atoms with Gasteiger partial charge >= 0.3 is 5.97 Å². The van der Waals surface area contributed by atoms with Gasteiger partial charge in [-0.1, -0.05) is 17.3 Å². The van der Waals surface area contributed by atoms with Crippen molar-refractivity contribution in [1.29, 1.82) is 0 Å². The van der Waals surface area contributed by atoms with Gasteiger partial charge in [0.25, 0.3) is 0 Å². The van der Waals surface area contributed by atoms with Crippen molar-refractivity contribution in [1.82, 2.24) is 5.16 Å². The SMILES string of the molecule is CCOc1ccc(/C=C/C(=O)OCc2cc(-c3ccco3)on2)cc1. The van der Waals surface area contributed by atoms with E-state index in [9.17, 15) is 4.79 Å². The summed E-state index contributed by atoms with van der Waals surface area (Å²) in [5.74, 6) is 1.39. The fraction of sp³-hybridized carbons (Fsp3) is 0.158. The third-order valence-corrected chi connectivity index (χ3v) is 3.29. The Morgan fingerprint density at radius 1 is 1.20 bits per heavy atom. The summed E-state index contributed by atoms with van der Waals surface area (Å²) < 4.78 is 20.8. The highest BCUT2D eigenvalue weighted by molar-refractivity contribution is 5.87. The van der Waals surface area contributed by atoms with E-state index in [1.54, 1.807) is 30.5 Å². The van der Waals surface area contributed by atoms with Crippen molar-refractivity contribution in [2.24, 2.45) is 0 Å². The highest BCUT2D eigenvalue weighted by Crippen LogP contribution is 2.20. The monoisotopic (exact) mass is 339 g/mol. The van der Waals surface area contributed by atoms with Gasteiger partial charge in [0.1, 0.15) is 18.1 Å². The molecule has 25 heavy (non-hydrogen) atoms. The molecule has 0 saturated heterocycles. The molecule has 0 bridgehead atoms. The number of nitrogens with zero attached hydrogens (tertiary/aromatic N) is 1. The highest BCUT2D eigenvalue weighted by atomic mass is 16.5. The summed E-state index contributed by atoms with van der Waals surface area (Å²) in [6.45, 7) is 2.57. The molecule has 0 atom stereocenters. The Kier molecular flexibility index (Phi) is 5.31. The minimum atomic E-state index is -0.462. The van der Waals surface area contributed by atoms with Gasteiger partial charge in [-0.3, -0.25) is 0 Å². The maximum absolute atomic E-state index is 11.8. The summed E-state index contributed by atoms with van der Waals surface area (Å²) in [4.78, 5) is 11.8. The lowest BCUT2D eigenvalue weighted by atomic mass is 10.2. The van der Waals surface area contributed by atoms with Gasteiger partial charge in [-0.15, -0.1) is 0 Å². The first-order chi connectivity index (χ1) is 12.2. The Labute approximate surface area is 144 Å². The van der Waals surface area contributed by atoms with Crippen LogP contribution in [0.25, 0.3) is 17.6 Å². The molecule has 3 aromatic rings. The first kappa shape index (κ1) is 16.6. The quantitative estimate of drug-likeness (QED) is 0.477. The summed E-state index contributed by atoms with van der Waals surface area (Å²) in [5.41, 5.74) is 1.39. The molecule has 0 spiro atoms. The maximum Gasteiger partial charge on any atom is 0.331 e. The van der Waals surface area contributed by atoms with E-state index in [0.717, 1.165) is 11.3 Å². The van der Waals surface area contributed by atoms with Gasteiger partial charge in [0, 0.05) is 12.1 Å². The topological polar surface area (TPSA) is 74.7 Å². The number of hydrogen-bond acceptors (Lipinski definition) is 6. The van der Waals surface area contributed by atoms with Crippen LogP contribution in [-0.4, -0.2) is 17.7 Å². The summed E-state index contributed by atoms with van der Waals surface area (Å²) in [5, 5.41) is 3.84. The fourth-order valence-electron chi connectivity index (χ4n) is 2.11. The molecule has 0 aliphatic heterocycles. The molecule has 6 nitrogen and oxygen atoms in total. The molecule has 6 heteroatoms. The minimum absolute atomic E-state index is 0.0245. The number of ether oxygens (including phenoxy) is 2. The number of furan rings is 1. The van der Waals surface area contributed by atoms with E-state index in [1.807, 2.05) is 31.2 Å². The molecular weight excluding hydrogens is 322 g/mol. The van der Waals surface area contributed by atoms with E-state index in [2.05, 4.69) is 5.16 Å². The molecule has 0 aliphatic rings. The molecule has 2 heterocycles. The molecule has 0 N–H and O–H groups in total. The molecule has 0 aliphatic carbocycles. The van der Waals surface area contributed by atoms with E-state index >= 15 is 0 Å². The van der Waals surface area contributed by atoms with Crippen molar-refractivity contribution in [3.05, 3.63) is 66.1 Å². The molecular formula is C19H17NO5. The zero-order chi connectivity index (χ0) is 17.5. The van der Waals surface area contributed by atoms with E-state index in [4.69, 9.17) is 18.4 Å². The molecule has 128 valence electrons. The second-order valence-corrected chi connectivity index (χ2v) is 5.10. The third-order valence-electron chi connectivity index (χ3n) is 3.29. The predicted molar refractivity (Wildman–Crippen MR) is 90.6 cm³/mol. The lowest BCUT2D eigenvalue weighted by Gasteiger charge is -2.02. The van der Waals surface area contributed by atoms with Gasteiger partial charge in [-0.2, -0.15) is 0 Å². The van der Waals surface area contributed by atoms with Crippen molar-refractivity contribution in [3.8, 4) is 17.3 Å². The summed E-state index contributed by atoms with van der Waals surface area (Å²) in [7, 11) is 0. The van der Waals surface area contributed by atoms with E-state index in [-0.39, 0.29) is 6.61 Å². The van der Waals surface area contributed by atoms with Crippen molar-refractivity contribution in [2.75, 3.05) is 6.61 Å². The van der Waals surface area contributed by atoms with Crippen molar-refractivity contribution in [3.63, 3.8) is 0 Å². The van der Waals surface area contributed by atoms with Crippen LogP contribution in [0.2, 0.25) is 0 Å². The third kappa shape index (κ3) is 4.60. The van der Waals surface area contributed by atoms with Crippen LogP contribution < -0.4 is 4.74 Å². The van der Waals surface area contributed by atoms with Crippen molar-refractivity contribution < 1.29 is 23.2 Å². The number of carbonyl (C=O) groups excluding carboxylic acids is 1. The van der Waals surface area contributed by atoms with Crippen LogP contribution in [-0.2, 0) is 16.1 Å². The molecule has 0 fully saturated rings. The Morgan fingerprint density at radius 2 is 2.04 bits per heavy atom. The molecule has 0 unspecified atom stereocenters. The molecule has 0 radical (unpaired) electrons. The number of carbonyl (C=O) groups is 1. The summed E-state index contributed by atoms with van der Waals surface area (Å²) in [6, 6.07) is 12.6. The average molecular weight is 339 g/mol. The predicted octanol–water partition coefficient (Wildman–Crippen LogP) is 4.09. The van der Waals surface area contributed by atoms with Gasteiger partial charge in [0.2, 0.25) is 5.76 Å². The zero-order valence-electron chi connectivity index (χ0n) is 13.7. The van der Waals surface area contributed by atoms with Crippen LogP contribution >= 0.6 is 0 Å². The normalized spacial score (nSPS) is 10.9. The van der Waals surface area contributed by atoms with E-state index < -0.39 is 5.97 Å².